The Labute approximate surface area is 73.0 Å². The van der Waals surface area contributed by atoms with E-state index in [4.69, 9.17) is 5.26 Å². The molecule has 0 aliphatic carbocycles. The summed E-state index contributed by atoms with van der Waals surface area (Å²) in [7, 11) is 0. The van der Waals surface area contributed by atoms with Crippen molar-refractivity contribution in [1.29, 1.82) is 5.26 Å². The van der Waals surface area contributed by atoms with Crippen LogP contribution in [0.2, 0.25) is 0 Å². The van der Waals surface area contributed by atoms with Gasteiger partial charge in [-0.1, -0.05) is 0 Å². The van der Waals surface area contributed by atoms with Gasteiger partial charge in [-0.25, -0.2) is 8.78 Å². The Balaban J connectivity index is 3.28. The highest BCUT2D eigenvalue weighted by atomic mass is 32.2. The molecule has 1 nitrogen and oxygen atoms in total. The van der Waals surface area contributed by atoms with Crippen LogP contribution in [0, 0.1) is 23.0 Å². The minimum atomic E-state index is -0.678. The molecule has 0 spiro atoms. The van der Waals surface area contributed by atoms with E-state index in [0.717, 1.165) is 23.9 Å². The fraction of sp³-hybridized carbons (Fsp3) is 0.125. The molecule has 0 saturated heterocycles. The molecule has 0 atom stereocenters. The van der Waals surface area contributed by atoms with Gasteiger partial charge in [0.05, 0.1) is 5.56 Å². The lowest BCUT2D eigenvalue weighted by molar-refractivity contribution is 0.574. The summed E-state index contributed by atoms with van der Waals surface area (Å²) < 4.78 is 25.7. The highest BCUT2D eigenvalue weighted by Gasteiger charge is 2.07. The van der Waals surface area contributed by atoms with Crippen molar-refractivity contribution in [3.8, 4) is 6.07 Å². The van der Waals surface area contributed by atoms with Crippen LogP contribution in [-0.2, 0) is 0 Å². The fourth-order valence-electron chi connectivity index (χ4n) is 0.771. The van der Waals surface area contributed by atoms with E-state index in [9.17, 15) is 8.78 Å². The van der Waals surface area contributed by atoms with Gasteiger partial charge in [-0.05, 0) is 18.4 Å². The maximum absolute atomic E-state index is 12.9. The summed E-state index contributed by atoms with van der Waals surface area (Å²) >= 11 is 1.10. The van der Waals surface area contributed by atoms with Crippen molar-refractivity contribution in [1.82, 2.24) is 0 Å². The van der Waals surface area contributed by atoms with Gasteiger partial charge in [0.25, 0.3) is 0 Å². The van der Waals surface area contributed by atoms with E-state index in [1.807, 2.05) is 0 Å². The molecule has 0 aliphatic rings. The third-order valence-electron chi connectivity index (χ3n) is 1.36. The number of hydrogen-bond acceptors (Lipinski definition) is 2. The number of rotatable bonds is 1. The van der Waals surface area contributed by atoms with Crippen LogP contribution in [0.15, 0.2) is 17.0 Å². The van der Waals surface area contributed by atoms with E-state index in [1.165, 1.54) is 0 Å². The van der Waals surface area contributed by atoms with E-state index in [-0.39, 0.29) is 10.5 Å². The van der Waals surface area contributed by atoms with Crippen molar-refractivity contribution < 1.29 is 8.78 Å². The number of nitrogens with zero attached hydrogens (tertiary/aromatic N) is 1. The average Bonchev–Trinajstić information content (AvgIpc) is 2.08. The molecule has 0 heterocycles. The third-order valence-corrected chi connectivity index (χ3v) is 2.11. The van der Waals surface area contributed by atoms with E-state index < -0.39 is 11.6 Å². The number of thioether (sulfide) groups is 1. The maximum atomic E-state index is 12.9. The second-order valence-corrected chi connectivity index (χ2v) is 2.93. The number of nitriles is 1. The SMILES string of the molecule is CSc1cc(F)c(C#N)cc1F. The molecule has 1 rings (SSSR count). The summed E-state index contributed by atoms with van der Waals surface area (Å²) in [5.74, 6) is -1.23. The third kappa shape index (κ3) is 1.56. The van der Waals surface area contributed by atoms with E-state index in [0.29, 0.717) is 0 Å². The number of hydrogen-bond donors (Lipinski definition) is 0. The summed E-state index contributed by atoms with van der Waals surface area (Å²) in [4.78, 5) is 0.214. The van der Waals surface area contributed by atoms with Gasteiger partial charge in [-0.2, -0.15) is 5.26 Å². The lowest BCUT2D eigenvalue weighted by Crippen LogP contribution is -1.88. The highest BCUT2D eigenvalue weighted by Crippen LogP contribution is 2.22. The molecule has 0 fully saturated rings. The van der Waals surface area contributed by atoms with Gasteiger partial charge in [-0.3, -0.25) is 0 Å². The largest absolute Gasteiger partial charge is 0.206 e. The van der Waals surface area contributed by atoms with Crippen molar-refractivity contribution in [2.45, 2.75) is 4.90 Å². The van der Waals surface area contributed by atoms with Crippen LogP contribution in [-0.4, -0.2) is 6.26 Å². The number of benzene rings is 1. The van der Waals surface area contributed by atoms with Gasteiger partial charge in [0.2, 0.25) is 0 Å². The topological polar surface area (TPSA) is 23.8 Å². The molecule has 0 saturated carbocycles. The zero-order valence-electron chi connectivity index (χ0n) is 6.27. The second kappa shape index (κ2) is 3.55. The van der Waals surface area contributed by atoms with Crippen molar-refractivity contribution in [3.05, 3.63) is 29.3 Å². The molecule has 1 aromatic rings. The molecule has 0 bridgehead atoms. The van der Waals surface area contributed by atoms with Gasteiger partial charge >= 0.3 is 0 Å². The standard InChI is InChI=1S/C8H5F2NS/c1-12-8-3-6(9)5(4-11)2-7(8)10/h2-3H,1H3. The van der Waals surface area contributed by atoms with Crippen molar-refractivity contribution in [2.75, 3.05) is 6.26 Å². The molecule has 12 heavy (non-hydrogen) atoms. The van der Waals surface area contributed by atoms with Crippen LogP contribution in [0.5, 0.6) is 0 Å². The van der Waals surface area contributed by atoms with Gasteiger partial charge in [0, 0.05) is 4.90 Å². The Hall–Kier alpha value is -1.08. The van der Waals surface area contributed by atoms with Crippen LogP contribution in [0.1, 0.15) is 5.56 Å². The molecule has 0 amide bonds. The van der Waals surface area contributed by atoms with Crippen molar-refractivity contribution in [2.24, 2.45) is 0 Å². The Morgan fingerprint density at radius 3 is 2.50 bits per heavy atom. The monoisotopic (exact) mass is 185 g/mol. The molecule has 1 aromatic carbocycles. The summed E-state index contributed by atoms with van der Waals surface area (Å²) in [6.45, 7) is 0. The summed E-state index contributed by atoms with van der Waals surface area (Å²) in [6, 6.07) is 3.49. The lowest BCUT2D eigenvalue weighted by Gasteiger charge is -1.99. The molecule has 4 heteroatoms. The first kappa shape index (κ1) is 9.01. The predicted molar refractivity (Wildman–Crippen MR) is 42.9 cm³/mol. The molecule has 0 radical (unpaired) electrons. The average molecular weight is 185 g/mol. The van der Waals surface area contributed by atoms with Crippen LogP contribution in [0.3, 0.4) is 0 Å². The molecule has 0 unspecified atom stereocenters. The zero-order valence-corrected chi connectivity index (χ0v) is 7.08. The molecular formula is C8H5F2NS. The second-order valence-electron chi connectivity index (χ2n) is 2.08. The van der Waals surface area contributed by atoms with Crippen LogP contribution in [0.25, 0.3) is 0 Å². The van der Waals surface area contributed by atoms with E-state index in [1.54, 1.807) is 12.3 Å². The number of halogens is 2. The Bertz CT molecular complexity index is 343. The van der Waals surface area contributed by atoms with E-state index >= 15 is 0 Å². The van der Waals surface area contributed by atoms with Gasteiger partial charge in [0.1, 0.15) is 17.7 Å². The molecule has 0 aromatic heterocycles. The van der Waals surface area contributed by atoms with Gasteiger partial charge < -0.3 is 0 Å². The molecular weight excluding hydrogens is 180 g/mol. The fourth-order valence-corrected chi connectivity index (χ4v) is 1.25. The van der Waals surface area contributed by atoms with Crippen LogP contribution < -0.4 is 0 Å². The minimum absolute atomic E-state index is 0.214. The normalized spacial score (nSPS) is 9.50. The molecule has 0 aliphatic heterocycles. The van der Waals surface area contributed by atoms with Crippen LogP contribution in [0.4, 0.5) is 8.78 Å². The summed E-state index contributed by atoms with van der Waals surface area (Å²) in [5, 5.41) is 8.34. The lowest BCUT2D eigenvalue weighted by atomic mass is 10.2. The highest BCUT2D eigenvalue weighted by molar-refractivity contribution is 7.98. The Kier molecular flexibility index (Phi) is 2.66. The summed E-state index contributed by atoms with van der Waals surface area (Å²) in [5.41, 5.74) is -0.259. The summed E-state index contributed by atoms with van der Waals surface area (Å²) in [6.07, 6.45) is 1.64. The van der Waals surface area contributed by atoms with Gasteiger partial charge in [-0.15, -0.1) is 11.8 Å². The van der Waals surface area contributed by atoms with Crippen molar-refractivity contribution in [3.63, 3.8) is 0 Å². The van der Waals surface area contributed by atoms with E-state index in [2.05, 4.69) is 0 Å². The molecule has 62 valence electrons. The quantitative estimate of drug-likeness (QED) is 0.628. The first-order valence-electron chi connectivity index (χ1n) is 3.12. The predicted octanol–water partition coefficient (Wildman–Crippen LogP) is 2.56. The molecule has 0 N–H and O–H groups in total. The first-order valence-corrected chi connectivity index (χ1v) is 4.34. The Morgan fingerprint density at radius 2 is 2.00 bits per heavy atom. The first-order chi connectivity index (χ1) is 5.69. The van der Waals surface area contributed by atoms with Crippen molar-refractivity contribution >= 4 is 11.8 Å². The van der Waals surface area contributed by atoms with Gasteiger partial charge in [0.15, 0.2) is 0 Å². The van der Waals surface area contributed by atoms with Crippen LogP contribution >= 0.6 is 11.8 Å². The Morgan fingerprint density at radius 1 is 1.33 bits per heavy atom. The smallest absolute Gasteiger partial charge is 0.142 e. The minimum Gasteiger partial charge on any atom is -0.206 e. The zero-order chi connectivity index (χ0) is 9.14. The maximum Gasteiger partial charge on any atom is 0.142 e.